The summed E-state index contributed by atoms with van der Waals surface area (Å²) in [6.07, 6.45) is -0.568. The molecule has 1 rings (SSSR count). The second kappa shape index (κ2) is 8.73. The summed E-state index contributed by atoms with van der Waals surface area (Å²) in [6.45, 7) is 8.15. The molecule has 0 bridgehead atoms. The lowest BCUT2D eigenvalue weighted by molar-refractivity contribution is 0.105. The van der Waals surface area contributed by atoms with E-state index in [9.17, 15) is 5.11 Å². The highest BCUT2D eigenvalue weighted by atomic mass is 35.5. The normalized spacial score (nSPS) is 14.3. The summed E-state index contributed by atoms with van der Waals surface area (Å²) in [5.41, 5.74) is 0. The van der Waals surface area contributed by atoms with Crippen molar-refractivity contribution in [2.45, 2.75) is 26.9 Å². The van der Waals surface area contributed by atoms with Crippen LogP contribution in [0.5, 0.6) is 5.75 Å². The third kappa shape index (κ3) is 6.31. The number of hydrogen-bond donors (Lipinski definition) is 2. The third-order valence-corrected chi connectivity index (χ3v) is 3.84. The molecule has 0 aromatic heterocycles. The van der Waals surface area contributed by atoms with E-state index in [0.717, 1.165) is 6.54 Å². The number of nitrogens with one attached hydrogen (secondary N) is 1. The molecule has 0 aliphatic rings. The Bertz CT molecular complexity index is 413. The first-order valence-electron chi connectivity index (χ1n) is 6.86. The van der Waals surface area contributed by atoms with Crippen LogP contribution in [0.4, 0.5) is 0 Å². The van der Waals surface area contributed by atoms with Crippen LogP contribution >= 0.6 is 23.2 Å². The smallest absolute Gasteiger partial charge is 0.138 e. The van der Waals surface area contributed by atoms with Gasteiger partial charge in [0, 0.05) is 11.6 Å². The fraction of sp³-hybridized carbons (Fsp3) is 0.600. The van der Waals surface area contributed by atoms with Crippen LogP contribution in [0.25, 0.3) is 0 Å². The van der Waals surface area contributed by atoms with Gasteiger partial charge in [-0.1, -0.05) is 44.0 Å². The topological polar surface area (TPSA) is 41.5 Å². The second-order valence-electron chi connectivity index (χ2n) is 5.42. The van der Waals surface area contributed by atoms with E-state index in [1.807, 2.05) is 0 Å². The van der Waals surface area contributed by atoms with Crippen molar-refractivity contribution in [3.63, 3.8) is 0 Å². The summed E-state index contributed by atoms with van der Waals surface area (Å²) in [5, 5.41) is 14.1. The fourth-order valence-corrected chi connectivity index (χ4v) is 2.01. The van der Waals surface area contributed by atoms with Gasteiger partial charge in [0.15, 0.2) is 0 Å². The predicted molar refractivity (Wildman–Crippen MR) is 84.8 cm³/mol. The monoisotopic (exact) mass is 319 g/mol. The Hall–Kier alpha value is -0.480. The van der Waals surface area contributed by atoms with Crippen LogP contribution in [-0.2, 0) is 0 Å². The highest BCUT2D eigenvalue weighted by molar-refractivity contribution is 6.35. The van der Waals surface area contributed by atoms with Gasteiger partial charge < -0.3 is 15.2 Å². The van der Waals surface area contributed by atoms with Gasteiger partial charge in [-0.25, -0.2) is 0 Å². The van der Waals surface area contributed by atoms with Crippen LogP contribution in [0.2, 0.25) is 10.0 Å². The highest BCUT2D eigenvalue weighted by Gasteiger charge is 2.10. The quantitative estimate of drug-likeness (QED) is 0.769. The maximum atomic E-state index is 9.85. The zero-order chi connectivity index (χ0) is 15.1. The van der Waals surface area contributed by atoms with E-state index >= 15 is 0 Å². The molecule has 2 N–H and O–H groups in total. The lowest BCUT2D eigenvalue weighted by atomic mass is 9.98. The van der Waals surface area contributed by atoms with Gasteiger partial charge in [0.1, 0.15) is 18.5 Å². The summed E-state index contributed by atoms with van der Waals surface area (Å²) in [7, 11) is 0. The van der Waals surface area contributed by atoms with Crippen LogP contribution in [0.15, 0.2) is 18.2 Å². The number of benzene rings is 1. The molecule has 114 valence electrons. The summed E-state index contributed by atoms with van der Waals surface area (Å²) in [5.74, 6) is 1.74. The first-order valence-corrected chi connectivity index (χ1v) is 7.62. The van der Waals surface area contributed by atoms with Crippen molar-refractivity contribution < 1.29 is 9.84 Å². The average molecular weight is 320 g/mol. The van der Waals surface area contributed by atoms with Gasteiger partial charge in [0.2, 0.25) is 0 Å². The molecular weight excluding hydrogens is 297 g/mol. The molecule has 3 nitrogen and oxygen atoms in total. The molecule has 0 heterocycles. The van der Waals surface area contributed by atoms with Gasteiger partial charge in [-0.2, -0.15) is 0 Å². The van der Waals surface area contributed by atoms with Crippen molar-refractivity contribution in [1.29, 1.82) is 0 Å². The molecular formula is C15H23Cl2NO2. The van der Waals surface area contributed by atoms with E-state index in [-0.39, 0.29) is 6.61 Å². The van der Waals surface area contributed by atoms with Gasteiger partial charge >= 0.3 is 0 Å². The number of aliphatic hydroxyl groups is 1. The molecule has 2 unspecified atom stereocenters. The van der Waals surface area contributed by atoms with Crippen molar-refractivity contribution in [2.75, 3.05) is 19.7 Å². The summed E-state index contributed by atoms with van der Waals surface area (Å²) in [6, 6.07) is 5.02. The number of rotatable bonds is 8. The highest BCUT2D eigenvalue weighted by Crippen LogP contribution is 2.27. The van der Waals surface area contributed by atoms with Gasteiger partial charge in [-0.05, 0) is 36.6 Å². The summed E-state index contributed by atoms with van der Waals surface area (Å²) in [4.78, 5) is 0. The van der Waals surface area contributed by atoms with Crippen LogP contribution in [0.3, 0.4) is 0 Å². The molecule has 5 heteroatoms. The maximum Gasteiger partial charge on any atom is 0.138 e. The molecule has 0 saturated carbocycles. The lowest BCUT2D eigenvalue weighted by Gasteiger charge is -2.18. The van der Waals surface area contributed by atoms with Gasteiger partial charge in [-0.15, -0.1) is 0 Å². The van der Waals surface area contributed by atoms with Crippen LogP contribution in [0.1, 0.15) is 20.8 Å². The standard InChI is InChI=1S/C15H23Cl2NO2/c1-10(2)11(3)7-18-8-13(19)9-20-15-5-4-12(16)6-14(15)17/h4-6,10-11,13,18-19H,7-9H2,1-3H3. The average Bonchev–Trinajstić information content (AvgIpc) is 2.37. The molecule has 1 aromatic rings. The van der Waals surface area contributed by atoms with Gasteiger partial charge in [0.25, 0.3) is 0 Å². The molecule has 0 spiro atoms. The van der Waals surface area contributed by atoms with Crippen molar-refractivity contribution in [1.82, 2.24) is 5.32 Å². The van der Waals surface area contributed by atoms with Crippen LogP contribution < -0.4 is 10.1 Å². The Morgan fingerprint density at radius 2 is 1.90 bits per heavy atom. The summed E-state index contributed by atoms with van der Waals surface area (Å²) >= 11 is 11.8. The Labute approximate surface area is 131 Å². The van der Waals surface area contributed by atoms with Crippen molar-refractivity contribution in [2.24, 2.45) is 11.8 Å². The van der Waals surface area contributed by atoms with Gasteiger partial charge in [0.05, 0.1) is 5.02 Å². The minimum Gasteiger partial charge on any atom is -0.489 e. The van der Waals surface area contributed by atoms with E-state index in [4.69, 9.17) is 27.9 Å². The minimum atomic E-state index is -0.568. The Kier molecular flexibility index (Phi) is 7.67. The Morgan fingerprint density at radius 1 is 1.20 bits per heavy atom. The van der Waals surface area contributed by atoms with Crippen molar-refractivity contribution >= 4 is 23.2 Å². The third-order valence-electron chi connectivity index (χ3n) is 3.31. The Morgan fingerprint density at radius 3 is 2.50 bits per heavy atom. The maximum absolute atomic E-state index is 9.85. The SMILES string of the molecule is CC(C)C(C)CNCC(O)COc1ccc(Cl)cc1Cl. The zero-order valence-corrected chi connectivity index (χ0v) is 13.7. The minimum absolute atomic E-state index is 0.199. The molecule has 0 aliphatic carbocycles. The Balaban J connectivity index is 2.27. The first-order chi connectivity index (χ1) is 9.40. The zero-order valence-electron chi connectivity index (χ0n) is 12.2. The molecule has 20 heavy (non-hydrogen) atoms. The molecule has 0 fully saturated rings. The van der Waals surface area contributed by atoms with Gasteiger partial charge in [-0.3, -0.25) is 0 Å². The molecule has 0 radical (unpaired) electrons. The van der Waals surface area contributed by atoms with E-state index < -0.39 is 6.10 Å². The number of ether oxygens (including phenoxy) is 1. The van der Waals surface area contributed by atoms with Crippen molar-refractivity contribution in [3.8, 4) is 5.75 Å². The largest absolute Gasteiger partial charge is 0.489 e. The number of aliphatic hydroxyl groups excluding tert-OH is 1. The van der Waals surface area contributed by atoms with Crippen molar-refractivity contribution in [3.05, 3.63) is 28.2 Å². The lowest BCUT2D eigenvalue weighted by Crippen LogP contribution is -2.34. The fourth-order valence-electron chi connectivity index (χ4n) is 1.55. The molecule has 2 atom stereocenters. The van der Waals surface area contributed by atoms with Crippen LogP contribution in [0, 0.1) is 11.8 Å². The van der Waals surface area contributed by atoms with E-state index in [0.29, 0.717) is 34.2 Å². The first kappa shape index (κ1) is 17.6. The molecule has 0 saturated heterocycles. The van der Waals surface area contributed by atoms with E-state index in [1.165, 1.54) is 0 Å². The van der Waals surface area contributed by atoms with Crippen LogP contribution in [-0.4, -0.2) is 30.9 Å². The van der Waals surface area contributed by atoms with E-state index in [2.05, 4.69) is 26.1 Å². The molecule has 1 aromatic carbocycles. The molecule has 0 aliphatic heterocycles. The second-order valence-corrected chi connectivity index (χ2v) is 6.26. The summed E-state index contributed by atoms with van der Waals surface area (Å²) < 4.78 is 5.48. The predicted octanol–water partition coefficient (Wildman–Crippen LogP) is 3.61. The van der Waals surface area contributed by atoms with E-state index in [1.54, 1.807) is 18.2 Å². The number of halogens is 2. The molecule has 0 amide bonds. The number of hydrogen-bond acceptors (Lipinski definition) is 3.